The SMILES string of the molecule is CC[C@H](C)c1ccc(NC(=O)c2ccc3ncsc3c2)cc1. The third kappa shape index (κ3) is 3.02. The van der Waals surface area contributed by atoms with Crippen molar-refractivity contribution in [3.63, 3.8) is 0 Å². The van der Waals surface area contributed by atoms with Crippen LogP contribution in [0.15, 0.2) is 48.0 Å². The average Bonchev–Trinajstić information content (AvgIpc) is 3.02. The van der Waals surface area contributed by atoms with E-state index in [2.05, 4.69) is 36.3 Å². The van der Waals surface area contributed by atoms with E-state index in [1.54, 1.807) is 16.8 Å². The Hall–Kier alpha value is -2.20. The summed E-state index contributed by atoms with van der Waals surface area (Å²) in [5.74, 6) is 0.449. The van der Waals surface area contributed by atoms with Gasteiger partial charge in [0.1, 0.15) is 0 Å². The van der Waals surface area contributed by atoms with Crippen molar-refractivity contribution in [3.8, 4) is 0 Å². The minimum absolute atomic E-state index is 0.0911. The number of anilines is 1. The second kappa shape index (κ2) is 6.28. The quantitative estimate of drug-likeness (QED) is 0.731. The smallest absolute Gasteiger partial charge is 0.255 e. The number of carbonyl (C=O) groups is 1. The van der Waals surface area contributed by atoms with Crippen LogP contribution >= 0.6 is 11.3 Å². The van der Waals surface area contributed by atoms with Crippen LogP contribution in [0.4, 0.5) is 5.69 Å². The Kier molecular flexibility index (Phi) is 4.20. The van der Waals surface area contributed by atoms with Crippen molar-refractivity contribution in [1.29, 1.82) is 0 Å². The summed E-state index contributed by atoms with van der Waals surface area (Å²) in [5, 5.41) is 2.94. The molecule has 3 aromatic rings. The molecule has 112 valence electrons. The first-order valence-corrected chi connectivity index (χ1v) is 8.30. The maximum atomic E-state index is 12.3. The molecule has 0 bridgehead atoms. The number of aromatic nitrogens is 1. The lowest BCUT2D eigenvalue weighted by molar-refractivity contribution is 0.102. The largest absolute Gasteiger partial charge is 0.322 e. The maximum Gasteiger partial charge on any atom is 0.255 e. The summed E-state index contributed by atoms with van der Waals surface area (Å²) in [6.07, 6.45) is 1.11. The molecule has 3 rings (SSSR count). The highest BCUT2D eigenvalue weighted by Gasteiger charge is 2.09. The van der Waals surface area contributed by atoms with E-state index < -0.39 is 0 Å². The van der Waals surface area contributed by atoms with Gasteiger partial charge in [0.05, 0.1) is 15.7 Å². The van der Waals surface area contributed by atoms with Crippen LogP contribution in [0.2, 0.25) is 0 Å². The van der Waals surface area contributed by atoms with E-state index >= 15 is 0 Å². The number of thiazole rings is 1. The van der Waals surface area contributed by atoms with Crippen molar-refractivity contribution in [1.82, 2.24) is 4.98 Å². The summed E-state index contributed by atoms with van der Waals surface area (Å²) < 4.78 is 1.03. The topological polar surface area (TPSA) is 42.0 Å². The van der Waals surface area contributed by atoms with Gasteiger partial charge in [0.25, 0.3) is 5.91 Å². The molecule has 1 heterocycles. The van der Waals surface area contributed by atoms with E-state index in [4.69, 9.17) is 0 Å². The van der Waals surface area contributed by atoms with Gasteiger partial charge in [-0.05, 0) is 48.2 Å². The van der Waals surface area contributed by atoms with Crippen LogP contribution in [0.1, 0.15) is 42.1 Å². The molecule has 4 heteroatoms. The first-order valence-electron chi connectivity index (χ1n) is 7.42. The number of carbonyl (C=O) groups excluding carboxylic acids is 1. The van der Waals surface area contributed by atoms with E-state index in [-0.39, 0.29) is 5.91 Å². The number of rotatable bonds is 4. The number of hydrogen-bond acceptors (Lipinski definition) is 3. The van der Waals surface area contributed by atoms with Crippen LogP contribution < -0.4 is 5.32 Å². The number of hydrogen-bond donors (Lipinski definition) is 1. The number of amides is 1. The molecule has 1 atom stereocenters. The van der Waals surface area contributed by atoms with Gasteiger partial charge in [-0.3, -0.25) is 4.79 Å². The zero-order valence-electron chi connectivity index (χ0n) is 12.7. The van der Waals surface area contributed by atoms with Crippen LogP contribution in [0, 0.1) is 0 Å². The van der Waals surface area contributed by atoms with Crippen LogP contribution in [0.3, 0.4) is 0 Å². The maximum absolute atomic E-state index is 12.3. The monoisotopic (exact) mass is 310 g/mol. The average molecular weight is 310 g/mol. The van der Waals surface area contributed by atoms with Gasteiger partial charge in [-0.25, -0.2) is 4.98 Å². The van der Waals surface area contributed by atoms with Gasteiger partial charge in [0, 0.05) is 11.3 Å². The summed E-state index contributed by atoms with van der Waals surface area (Å²) in [6.45, 7) is 4.38. The van der Waals surface area contributed by atoms with Crippen molar-refractivity contribution >= 4 is 33.1 Å². The highest BCUT2D eigenvalue weighted by Crippen LogP contribution is 2.22. The number of fused-ring (bicyclic) bond motifs is 1. The van der Waals surface area contributed by atoms with Crippen LogP contribution in [0.5, 0.6) is 0 Å². The molecule has 1 N–H and O–H groups in total. The third-order valence-electron chi connectivity index (χ3n) is 3.94. The summed E-state index contributed by atoms with van der Waals surface area (Å²) >= 11 is 1.54. The second-order valence-electron chi connectivity index (χ2n) is 5.42. The summed E-state index contributed by atoms with van der Waals surface area (Å²) in [4.78, 5) is 16.6. The molecule has 0 aliphatic rings. The fraction of sp³-hybridized carbons (Fsp3) is 0.222. The number of benzene rings is 2. The third-order valence-corrected chi connectivity index (χ3v) is 4.74. The van der Waals surface area contributed by atoms with Gasteiger partial charge >= 0.3 is 0 Å². The molecule has 0 saturated heterocycles. The lowest BCUT2D eigenvalue weighted by Crippen LogP contribution is -2.11. The lowest BCUT2D eigenvalue weighted by atomic mass is 9.98. The molecule has 22 heavy (non-hydrogen) atoms. The molecule has 0 aliphatic heterocycles. The van der Waals surface area contributed by atoms with E-state index in [1.165, 1.54) is 5.56 Å². The van der Waals surface area contributed by atoms with Crippen molar-refractivity contribution in [2.24, 2.45) is 0 Å². The molecular formula is C18H18N2OS. The zero-order chi connectivity index (χ0) is 15.5. The van der Waals surface area contributed by atoms with E-state index in [9.17, 15) is 4.79 Å². The molecular weight excluding hydrogens is 292 g/mol. The van der Waals surface area contributed by atoms with Gasteiger partial charge in [-0.15, -0.1) is 11.3 Å². The molecule has 0 aliphatic carbocycles. The number of nitrogens with zero attached hydrogens (tertiary/aromatic N) is 1. The fourth-order valence-electron chi connectivity index (χ4n) is 2.33. The minimum atomic E-state index is -0.0911. The van der Waals surface area contributed by atoms with E-state index in [0.717, 1.165) is 22.3 Å². The van der Waals surface area contributed by atoms with E-state index in [1.807, 2.05) is 30.3 Å². The Morgan fingerprint density at radius 1 is 1.23 bits per heavy atom. The fourth-order valence-corrected chi connectivity index (χ4v) is 3.05. The Balaban J connectivity index is 1.75. The number of nitrogens with one attached hydrogen (secondary N) is 1. The van der Waals surface area contributed by atoms with Crippen LogP contribution in [0.25, 0.3) is 10.2 Å². The van der Waals surface area contributed by atoms with Crippen molar-refractivity contribution in [3.05, 3.63) is 59.1 Å². The highest BCUT2D eigenvalue weighted by atomic mass is 32.1. The van der Waals surface area contributed by atoms with Crippen LogP contribution in [-0.2, 0) is 0 Å². The first-order chi connectivity index (χ1) is 10.7. The normalized spacial score (nSPS) is 12.3. The zero-order valence-corrected chi connectivity index (χ0v) is 13.5. The second-order valence-corrected chi connectivity index (χ2v) is 6.31. The standard InChI is InChI=1S/C18H18N2OS/c1-3-12(2)13-4-7-15(8-5-13)20-18(21)14-6-9-16-17(10-14)22-11-19-16/h4-12H,3H2,1-2H3,(H,20,21)/t12-/m0/s1. The highest BCUT2D eigenvalue weighted by molar-refractivity contribution is 7.16. The van der Waals surface area contributed by atoms with E-state index in [0.29, 0.717) is 11.5 Å². The van der Waals surface area contributed by atoms with Crippen molar-refractivity contribution < 1.29 is 4.79 Å². The molecule has 0 saturated carbocycles. The summed E-state index contributed by atoms with van der Waals surface area (Å²) in [6, 6.07) is 13.7. The van der Waals surface area contributed by atoms with Gasteiger partial charge in [-0.2, -0.15) is 0 Å². The molecule has 0 spiro atoms. The Labute approximate surface area is 134 Å². The lowest BCUT2D eigenvalue weighted by Gasteiger charge is -2.10. The Bertz CT molecular complexity index is 792. The molecule has 0 radical (unpaired) electrons. The predicted molar refractivity (Wildman–Crippen MR) is 92.7 cm³/mol. The van der Waals surface area contributed by atoms with Crippen molar-refractivity contribution in [2.75, 3.05) is 5.32 Å². The molecule has 0 fully saturated rings. The molecule has 1 amide bonds. The molecule has 2 aromatic carbocycles. The summed E-state index contributed by atoms with van der Waals surface area (Å²) in [7, 11) is 0. The van der Waals surface area contributed by atoms with Gasteiger partial charge < -0.3 is 5.32 Å². The van der Waals surface area contributed by atoms with Crippen molar-refractivity contribution in [2.45, 2.75) is 26.2 Å². The van der Waals surface area contributed by atoms with Gasteiger partial charge in [-0.1, -0.05) is 26.0 Å². The predicted octanol–water partition coefficient (Wildman–Crippen LogP) is 5.06. The minimum Gasteiger partial charge on any atom is -0.322 e. The summed E-state index contributed by atoms with van der Waals surface area (Å²) in [5.41, 5.74) is 5.50. The Morgan fingerprint density at radius 2 is 2.00 bits per heavy atom. The van der Waals surface area contributed by atoms with Gasteiger partial charge in [0.15, 0.2) is 0 Å². The molecule has 3 nitrogen and oxygen atoms in total. The van der Waals surface area contributed by atoms with Crippen LogP contribution in [-0.4, -0.2) is 10.9 Å². The molecule has 1 aromatic heterocycles. The first kappa shape index (κ1) is 14.7. The van der Waals surface area contributed by atoms with Gasteiger partial charge in [0.2, 0.25) is 0 Å². The molecule has 0 unspecified atom stereocenters. The Morgan fingerprint density at radius 3 is 2.73 bits per heavy atom.